The molecule has 0 fully saturated rings. The molecule has 0 saturated heterocycles. The van der Waals surface area contributed by atoms with Gasteiger partial charge in [-0.05, 0) is 37.0 Å². The number of hydrogen-bond donors (Lipinski definition) is 1. The predicted octanol–water partition coefficient (Wildman–Crippen LogP) is 4.12. The topological polar surface area (TPSA) is 72.8 Å². The zero-order valence-electron chi connectivity index (χ0n) is 17.0. The smallest absolute Gasteiger partial charge is 0.166 e. The number of rotatable bonds is 4. The molecule has 28 heavy (non-hydrogen) atoms. The van der Waals surface area contributed by atoms with Gasteiger partial charge in [0, 0.05) is 29.5 Å². The monoisotopic (exact) mass is 382 g/mol. The largest absolute Gasteiger partial charge is 0.508 e. The van der Waals surface area contributed by atoms with Gasteiger partial charge in [0.25, 0.3) is 0 Å². The summed E-state index contributed by atoms with van der Waals surface area (Å²) in [5.41, 5.74) is 1.50. The third-order valence-corrected chi connectivity index (χ3v) is 6.38. The first-order chi connectivity index (χ1) is 13.2. The fourth-order valence-corrected chi connectivity index (χ4v) is 4.73. The summed E-state index contributed by atoms with van der Waals surface area (Å²) < 4.78 is 11.1. The van der Waals surface area contributed by atoms with E-state index in [4.69, 9.17) is 9.47 Å². The van der Waals surface area contributed by atoms with Crippen LogP contribution in [-0.2, 0) is 9.59 Å². The molecule has 0 aliphatic heterocycles. The Hall–Kier alpha value is -2.82. The van der Waals surface area contributed by atoms with Crippen LogP contribution in [0.25, 0.3) is 0 Å². The molecule has 0 heterocycles. The van der Waals surface area contributed by atoms with E-state index < -0.39 is 17.3 Å². The van der Waals surface area contributed by atoms with Crippen LogP contribution in [0, 0.1) is 11.3 Å². The van der Waals surface area contributed by atoms with Gasteiger partial charge in [-0.3, -0.25) is 9.59 Å². The lowest BCUT2D eigenvalue weighted by Crippen LogP contribution is -2.51. The minimum Gasteiger partial charge on any atom is -0.508 e. The molecule has 148 valence electrons. The summed E-state index contributed by atoms with van der Waals surface area (Å²) in [6.07, 6.45) is 4.16. The van der Waals surface area contributed by atoms with Crippen molar-refractivity contribution in [1.82, 2.24) is 0 Å². The van der Waals surface area contributed by atoms with Crippen molar-refractivity contribution in [1.29, 1.82) is 0 Å². The zero-order chi connectivity index (χ0) is 20.8. The van der Waals surface area contributed by atoms with Crippen molar-refractivity contribution >= 4 is 11.6 Å². The molecule has 3 atom stereocenters. The van der Waals surface area contributed by atoms with E-state index in [2.05, 4.69) is 6.58 Å². The minimum atomic E-state index is -1.00. The molecule has 1 N–H and O–H groups in total. The van der Waals surface area contributed by atoms with Crippen molar-refractivity contribution in [3.05, 3.63) is 53.1 Å². The van der Waals surface area contributed by atoms with Crippen LogP contribution in [0.2, 0.25) is 0 Å². The highest BCUT2D eigenvalue weighted by atomic mass is 16.5. The maximum absolute atomic E-state index is 13.5. The van der Waals surface area contributed by atoms with Gasteiger partial charge in [0.2, 0.25) is 0 Å². The van der Waals surface area contributed by atoms with Crippen LogP contribution >= 0.6 is 0 Å². The number of phenolic OH excluding ortho intramolecular Hbond substituents is 1. The molecule has 1 aromatic carbocycles. The number of benzene rings is 1. The summed E-state index contributed by atoms with van der Waals surface area (Å²) >= 11 is 0. The number of Topliss-reactive ketones (excluding diaryl/α,β-unsaturated/α-hetero) is 2. The number of phenols is 1. The SMILES string of the molecule is C=CC1=CC[C@H]2C(=O)C(C)=C(C)C(=O)[C@@]2(C)[C@H]1c1c(OC)cc(O)cc1OC. The van der Waals surface area contributed by atoms with E-state index in [0.717, 1.165) is 5.57 Å². The molecule has 5 nitrogen and oxygen atoms in total. The average molecular weight is 382 g/mol. The lowest BCUT2D eigenvalue weighted by atomic mass is 9.52. The number of aromatic hydroxyl groups is 1. The Morgan fingerprint density at radius 3 is 2.21 bits per heavy atom. The van der Waals surface area contributed by atoms with Crippen LogP contribution in [0.3, 0.4) is 0 Å². The third kappa shape index (κ3) is 2.60. The maximum atomic E-state index is 13.5. The summed E-state index contributed by atoms with van der Waals surface area (Å²) in [6, 6.07) is 2.99. The van der Waals surface area contributed by atoms with Crippen molar-refractivity contribution in [2.45, 2.75) is 33.1 Å². The number of hydrogen-bond acceptors (Lipinski definition) is 5. The van der Waals surface area contributed by atoms with E-state index in [-0.39, 0.29) is 17.3 Å². The van der Waals surface area contributed by atoms with Gasteiger partial charge in [0.1, 0.15) is 17.2 Å². The number of ketones is 2. The lowest BCUT2D eigenvalue weighted by molar-refractivity contribution is -0.138. The highest BCUT2D eigenvalue weighted by Gasteiger charge is 2.57. The van der Waals surface area contributed by atoms with Crippen LogP contribution in [0.15, 0.2) is 47.6 Å². The number of methoxy groups -OCH3 is 2. The molecule has 5 heteroatoms. The standard InChI is InChI=1S/C23H26O5/c1-7-14-8-9-16-21(25)12(2)13(3)22(26)23(16,4)20(14)19-17(27-5)10-15(24)11-18(19)28-6/h7-8,10-11,16,20,24H,1,9H2,2-6H3/t16-,20+,23+/m0/s1. The lowest BCUT2D eigenvalue weighted by Gasteiger charge is -2.48. The molecule has 2 aliphatic rings. The first-order valence-electron chi connectivity index (χ1n) is 9.26. The molecular formula is C23H26O5. The number of allylic oxidation sites excluding steroid dienone is 5. The molecule has 2 aliphatic carbocycles. The van der Waals surface area contributed by atoms with Crippen LogP contribution in [-0.4, -0.2) is 30.9 Å². The second kappa shape index (κ2) is 6.97. The fourth-order valence-electron chi connectivity index (χ4n) is 4.73. The molecule has 0 amide bonds. The maximum Gasteiger partial charge on any atom is 0.166 e. The van der Waals surface area contributed by atoms with E-state index in [9.17, 15) is 14.7 Å². The van der Waals surface area contributed by atoms with Crippen molar-refractivity contribution in [3.8, 4) is 17.2 Å². The van der Waals surface area contributed by atoms with E-state index in [1.54, 1.807) is 19.9 Å². The van der Waals surface area contributed by atoms with Gasteiger partial charge in [-0.25, -0.2) is 0 Å². The van der Waals surface area contributed by atoms with Gasteiger partial charge in [0.05, 0.1) is 19.6 Å². The summed E-state index contributed by atoms with van der Waals surface area (Å²) in [7, 11) is 3.00. The van der Waals surface area contributed by atoms with Crippen LogP contribution in [0.1, 0.15) is 38.7 Å². The molecule has 0 aromatic heterocycles. The summed E-state index contributed by atoms with van der Waals surface area (Å²) in [5, 5.41) is 10.0. The van der Waals surface area contributed by atoms with Crippen LogP contribution < -0.4 is 9.47 Å². The molecule has 0 bridgehead atoms. The molecular weight excluding hydrogens is 356 g/mol. The summed E-state index contributed by atoms with van der Waals surface area (Å²) in [5.74, 6) is -0.211. The van der Waals surface area contributed by atoms with Crippen LogP contribution in [0.4, 0.5) is 0 Å². The molecule has 0 radical (unpaired) electrons. The number of carbonyl (C=O) groups is 2. The minimum absolute atomic E-state index is 0.000624. The zero-order valence-corrected chi connectivity index (χ0v) is 17.0. The average Bonchev–Trinajstić information content (AvgIpc) is 2.69. The van der Waals surface area contributed by atoms with Crippen molar-refractivity contribution in [2.75, 3.05) is 14.2 Å². The normalized spacial score (nSPS) is 27.2. The molecule has 0 spiro atoms. The number of ether oxygens (including phenoxy) is 2. The van der Waals surface area contributed by atoms with Gasteiger partial charge in [0.15, 0.2) is 11.6 Å². The highest BCUT2D eigenvalue weighted by molar-refractivity contribution is 6.15. The highest BCUT2D eigenvalue weighted by Crippen LogP contribution is 2.59. The number of fused-ring (bicyclic) bond motifs is 1. The van der Waals surface area contributed by atoms with Gasteiger partial charge >= 0.3 is 0 Å². The second-order valence-corrected chi connectivity index (χ2v) is 7.62. The van der Waals surface area contributed by atoms with E-state index in [1.807, 2.05) is 13.0 Å². The first kappa shape index (κ1) is 19.9. The molecule has 1 aromatic rings. The van der Waals surface area contributed by atoms with Gasteiger partial charge in [-0.1, -0.05) is 25.7 Å². The second-order valence-electron chi connectivity index (χ2n) is 7.62. The Kier molecular flexibility index (Phi) is 4.96. The van der Waals surface area contributed by atoms with E-state index in [0.29, 0.717) is 34.6 Å². The Morgan fingerprint density at radius 2 is 1.71 bits per heavy atom. The van der Waals surface area contributed by atoms with Gasteiger partial charge in [-0.2, -0.15) is 0 Å². The van der Waals surface area contributed by atoms with Crippen molar-refractivity contribution < 1.29 is 24.2 Å². The van der Waals surface area contributed by atoms with Crippen molar-refractivity contribution in [2.24, 2.45) is 11.3 Å². The Morgan fingerprint density at radius 1 is 1.14 bits per heavy atom. The summed E-state index contributed by atoms with van der Waals surface area (Å²) in [4.78, 5) is 26.6. The van der Waals surface area contributed by atoms with Crippen molar-refractivity contribution in [3.63, 3.8) is 0 Å². The Bertz CT molecular complexity index is 911. The summed E-state index contributed by atoms with van der Waals surface area (Å²) in [6.45, 7) is 9.21. The third-order valence-electron chi connectivity index (χ3n) is 6.38. The van der Waals surface area contributed by atoms with Crippen LogP contribution in [0.5, 0.6) is 17.2 Å². The molecule has 0 saturated carbocycles. The molecule has 3 rings (SSSR count). The van der Waals surface area contributed by atoms with Gasteiger partial charge in [-0.15, -0.1) is 0 Å². The predicted molar refractivity (Wildman–Crippen MR) is 107 cm³/mol. The molecule has 0 unspecified atom stereocenters. The first-order valence-corrected chi connectivity index (χ1v) is 9.26. The quantitative estimate of drug-likeness (QED) is 0.848. The van der Waals surface area contributed by atoms with E-state index in [1.165, 1.54) is 26.4 Å². The Balaban J connectivity index is 2.37. The Labute approximate surface area is 165 Å². The van der Waals surface area contributed by atoms with E-state index >= 15 is 0 Å². The fraction of sp³-hybridized carbons (Fsp3) is 0.391. The number of carbonyl (C=O) groups excluding carboxylic acids is 2. The van der Waals surface area contributed by atoms with Gasteiger partial charge < -0.3 is 14.6 Å².